The van der Waals surface area contributed by atoms with Gasteiger partial charge in [0, 0.05) is 12.3 Å². The number of allylic oxidation sites excluding steroid dienone is 1. The molecular weight excluding hydrogens is 312 g/mol. The number of aromatic hydroxyl groups is 1. The molecule has 2 heterocycles. The average molecular weight is 332 g/mol. The summed E-state index contributed by atoms with van der Waals surface area (Å²) in [6, 6.07) is 5.32. The maximum absolute atomic E-state index is 12.5. The van der Waals surface area contributed by atoms with E-state index in [9.17, 15) is 14.7 Å². The Morgan fingerprint density at radius 3 is 2.79 bits per heavy atom. The highest BCUT2D eigenvalue weighted by atomic mass is 16.6. The number of hydrogen-bond donors (Lipinski definition) is 3. The second-order valence-corrected chi connectivity index (χ2v) is 5.90. The molecule has 2 amide bonds. The number of nitrogens with one attached hydrogen (secondary N) is 2. The molecule has 7 heteroatoms. The van der Waals surface area contributed by atoms with E-state index in [4.69, 9.17) is 9.47 Å². The van der Waals surface area contributed by atoms with Gasteiger partial charge >= 0.3 is 12.0 Å². The van der Waals surface area contributed by atoms with Crippen LogP contribution in [0.4, 0.5) is 4.79 Å². The number of hydrogen-bond acceptors (Lipinski definition) is 5. The number of carbonyl (C=O) groups is 2. The van der Waals surface area contributed by atoms with Crippen molar-refractivity contribution in [1.29, 1.82) is 0 Å². The number of rotatable bonds is 4. The predicted octanol–water partition coefficient (Wildman–Crippen LogP) is 1.74. The van der Waals surface area contributed by atoms with E-state index in [-0.39, 0.29) is 24.5 Å². The van der Waals surface area contributed by atoms with Crippen LogP contribution in [0.25, 0.3) is 0 Å². The van der Waals surface area contributed by atoms with E-state index in [1.165, 1.54) is 12.1 Å². The highest BCUT2D eigenvalue weighted by molar-refractivity contribution is 5.95. The highest BCUT2D eigenvalue weighted by Gasteiger charge is 2.32. The third-order valence-corrected chi connectivity index (χ3v) is 4.14. The maximum Gasteiger partial charge on any atom is 0.338 e. The standard InChI is InChI=1S/C17H20N2O5/c1-10-14(16(21)24-9-13-3-2-8-23-13)15(19-17(22)18-10)11-4-6-12(20)7-5-11/h4-7,13,15,20H,2-3,8-9H2,1H3,(H2,18,19,22)/t13-,15-/m1/s1. The SMILES string of the molecule is CC1=C(C(=O)OC[C@H]2CCCO2)[C@@H](c2ccc(O)cc2)NC(=O)N1. The molecule has 1 aromatic carbocycles. The molecule has 7 nitrogen and oxygen atoms in total. The number of amides is 2. The third-order valence-electron chi connectivity index (χ3n) is 4.14. The highest BCUT2D eigenvalue weighted by Crippen LogP contribution is 2.28. The lowest BCUT2D eigenvalue weighted by Crippen LogP contribution is -2.45. The van der Waals surface area contributed by atoms with Crippen LogP contribution in [0.15, 0.2) is 35.5 Å². The Hall–Kier alpha value is -2.54. The van der Waals surface area contributed by atoms with Gasteiger partial charge in [-0.2, -0.15) is 0 Å². The van der Waals surface area contributed by atoms with Crippen LogP contribution in [-0.4, -0.2) is 36.4 Å². The van der Waals surface area contributed by atoms with Crippen LogP contribution >= 0.6 is 0 Å². The molecule has 24 heavy (non-hydrogen) atoms. The minimum Gasteiger partial charge on any atom is -0.508 e. The topological polar surface area (TPSA) is 96.9 Å². The molecule has 2 aliphatic rings. The van der Waals surface area contributed by atoms with Gasteiger partial charge in [-0.1, -0.05) is 12.1 Å². The second kappa shape index (κ2) is 6.92. The average Bonchev–Trinajstić information content (AvgIpc) is 3.06. The molecule has 0 radical (unpaired) electrons. The third kappa shape index (κ3) is 3.51. The number of esters is 1. The first-order valence-corrected chi connectivity index (χ1v) is 7.90. The van der Waals surface area contributed by atoms with Crippen molar-refractivity contribution in [3.63, 3.8) is 0 Å². The van der Waals surface area contributed by atoms with Crippen LogP contribution < -0.4 is 10.6 Å². The summed E-state index contributed by atoms with van der Waals surface area (Å²) >= 11 is 0. The van der Waals surface area contributed by atoms with Crippen molar-refractivity contribution in [1.82, 2.24) is 10.6 Å². The molecule has 2 aliphatic heterocycles. The van der Waals surface area contributed by atoms with E-state index < -0.39 is 12.0 Å². The van der Waals surface area contributed by atoms with Gasteiger partial charge in [-0.3, -0.25) is 0 Å². The van der Waals surface area contributed by atoms with E-state index in [0.29, 0.717) is 23.4 Å². The molecule has 0 bridgehead atoms. The lowest BCUT2D eigenvalue weighted by atomic mass is 9.95. The van der Waals surface area contributed by atoms with Crippen molar-refractivity contribution < 1.29 is 24.2 Å². The molecule has 1 aromatic rings. The maximum atomic E-state index is 12.5. The van der Waals surface area contributed by atoms with E-state index in [2.05, 4.69) is 10.6 Å². The summed E-state index contributed by atoms with van der Waals surface area (Å²) in [6.45, 7) is 2.55. The molecule has 128 valence electrons. The largest absolute Gasteiger partial charge is 0.508 e. The number of ether oxygens (including phenoxy) is 2. The lowest BCUT2D eigenvalue weighted by molar-refractivity contribution is -0.142. The Morgan fingerprint density at radius 2 is 2.12 bits per heavy atom. The van der Waals surface area contributed by atoms with Crippen molar-refractivity contribution in [2.45, 2.75) is 31.9 Å². The predicted molar refractivity (Wildman–Crippen MR) is 85.1 cm³/mol. The molecular formula is C17H20N2O5. The molecule has 0 aromatic heterocycles. The fraction of sp³-hybridized carbons (Fsp3) is 0.412. The van der Waals surface area contributed by atoms with E-state index in [1.54, 1.807) is 19.1 Å². The van der Waals surface area contributed by atoms with Gasteiger partial charge in [-0.15, -0.1) is 0 Å². The fourth-order valence-electron chi connectivity index (χ4n) is 2.90. The molecule has 0 aliphatic carbocycles. The van der Waals surface area contributed by atoms with Gasteiger partial charge in [0.05, 0.1) is 17.7 Å². The first-order chi connectivity index (χ1) is 11.5. The number of urea groups is 1. The van der Waals surface area contributed by atoms with Gasteiger partial charge in [0.2, 0.25) is 0 Å². The molecule has 2 atom stereocenters. The molecule has 0 spiro atoms. The summed E-state index contributed by atoms with van der Waals surface area (Å²) in [5, 5.41) is 14.7. The van der Waals surface area contributed by atoms with E-state index in [1.807, 2.05) is 0 Å². The summed E-state index contributed by atoms with van der Waals surface area (Å²) in [7, 11) is 0. The molecule has 0 saturated carbocycles. The fourth-order valence-corrected chi connectivity index (χ4v) is 2.90. The minimum absolute atomic E-state index is 0.0619. The van der Waals surface area contributed by atoms with Crippen molar-refractivity contribution in [3.8, 4) is 5.75 Å². The normalized spacial score (nSPS) is 23.6. The van der Waals surface area contributed by atoms with Crippen LogP contribution in [0.3, 0.4) is 0 Å². The van der Waals surface area contributed by atoms with Gasteiger partial charge in [0.25, 0.3) is 0 Å². The quantitative estimate of drug-likeness (QED) is 0.730. The molecule has 3 rings (SSSR count). The summed E-state index contributed by atoms with van der Waals surface area (Å²) in [5.74, 6) is -0.379. The van der Waals surface area contributed by atoms with E-state index in [0.717, 1.165) is 12.8 Å². The monoisotopic (exact) mass is 332 g/mol. The van der Waals surface area contributed by atoms with Crippen molar-refractivity contribution in [2.24, 2.45) is 0 Å². The molecule has 0 unspecified atom stereocenters. The van der Waals surface area contributed by atoms with E-state index >= 15 is 0 Å². The molecule has 3 N–H and O–H groups in total. The van der Waals surface area contributed by atoms with Crippen LogP contribution in [-0.2, 0) is 14.3 Å². The summed E-state index contributed by atoms with van der Waals surface area (Å²) in [4.78, 5) is 24.3. The number of carbonyl (C=O) groups excluding carboxylic acids is 2. The zero-order valence-corrected chi connectivity index (χ0v) is 13.4. The lowest BCUT2D eigenvalue weighted by Gasteiger charge is -2.28. The minimum atomic E-state index is -0.628. The first kappa shape index (κ1) is 16.3. The Morgan fingerprint density at radius 1 is 1.38 bits per heavy atom. The Bertz CT molecular complexity index is 662. The van der Waals surface area contributed by atoms with Crippen LogP contribution in [0.1, 0.15) is 31.4 Å². The van der Waals surface area contributed by atoms with Gasteiger partial charge < -0.3 is 25.2 Å². The van der Waals surface area contributed by atoms with Crippen LogP contribution in [0.5, 0.6) is 5.75 Å². The van der Waals surface area contributed by atoms with Crippen LogP contribution in [0.2, 0.25) is 0 Å². The van der Waals surface area contributed by atoms with Gasteiger partial charge in [-0.25, -0.2) is 9.59 Å². The smallest absolute Gasteiger partial charge is 0.338 e. The molecule has 1 fully saturated rings. The first-order valence-electron chi connectivity index (χ1n) is 7.90. The van der Waals surface area contributed by atoms with Crippen molar-refractivity contribution >= 4 is 12.0 Å². The van der Waals surface area contributed by atoms with Crippen molar-refractivity contribution in [3.05, 3.63) is 41.1 Å². The number of phenols is 1. The summed E-state index contributed by atoms with van der Waals surface area (Å²) < 4.78 is 10.8. The van der Waals surface area contributed by atoms with Crippen molar-refractivity contribution in [2.75, 3.05) is 13.2 Å². The zero-order chi connectivity index (χ0) is 17.1. The second-order valence-electron chi connectivity index (χ2n) is 5.90. The van der Waals surface area contributed by atoms with Gasteiger partial charge in [-0.05, 0) is 37.5 Å². The number of benzene rings is 1. The summed E-state index contributed by atoms with van der Waals surface area (Å²) in [5.41, 5.74) is 1.48. The molecule has 1 saturated heterocycles. The van der Waals surface area contributed by atoms with Gasteiger partial charge in [0.1, 0.15) is 12.4 Å². The van der Waals surface area contributed by atoms with Gasteiger partial charge in [0.15, 0.2) is 0 Å². The Kier molecular flexibility index (Phi) is 4.71. The number of phenolic OH excluding ortho intramolecular Hbond substituents is 1. The zero-order valence-electron chi connectivity index (χ0n) is 13.4. The summed E-state index contributed by atoms with van der Waals surface area (Å²) in [6.07, 6.45) is 1.78. The Balaban J connectivity index is 1.80. The Labute approximate surface area is 139 Å². The van der Waals surface area contributed by atoms with Crippen LogP contribution in [0, 0.1) is 0 Å².